The predicted octanol–water partition coefficient (Wildman–Crippen LogP) is 2.60. The van der Waals surface area contributed by atoms with Gasteiger partial charge in [-0.15, -0.1) is 10.9 Å². The molecule has 0 amide bonds. The van der Waals surface area contributed by atoms with E-state index in [0.717, 1.165) is 16.6 Å². The van der Waals surface area contributed by atoms with Gasteiger partial charge in [0.05, 0.1) is 22.6 Å². The van der Waals surface area contributed by atoms with E-state index in [9.17, 15) is 5.26 Å². The summed E-state index contributed by atoms with van der Waals surface area (Å²) in [5, 5.41) is 9.26. The van der Waals surface area contributed by atoms with Gasteiger partial charge in [0.1, 0.15) is 6.07 Å². The summed E-state index contributed by atoms with van der Waals surface area (Å²) in [5.74, 6) is 0.654. The van der Waals surface area contributed by atoms with Gasteiger partial charge < -0.3 is 15.3 Å². The standard InChI is InChI=1S/C21H17BN3O/c1-15-20-19(13-12-16(14-23)21(20)24)26-22(25-15,17-8-4-2-5-9-17)18-10-6-3-7-11-18/h2-13H,24H2,1H3/q-1. The van der Waals surface area contributed by atoms with Crippen LogP contribution in [-0.2, 0) is 0 Å². The van der Waals surface area contributed by atoms with Crippen LogP contribution < -0.4 is 21.3 Å². The van der Waals surface area contributed by atoms with Crippen molar-refractivity contribution < 1.29 is 4.65 Å². The van der Waals surface area contributed by atoms with Crippen LogP contribution in [0.4, 0.5) is 5.69 Å². The summed E-state index contributed by atoms with van der Waals surface area (Å²) >= 11 is 0. The van der Waals surface area contributed by atoms with Crippen molar-refractivity contribution in [2.45, 2.75) is 6.92 Å². The molecule has 3 aromatic rings. The third-order valence-electron chi connectivity index (χ3n) is 4.87. The Labute approximate surface area is 152 Å². The molecule has 1 aliphatic heterocycles. The average molecular weight is 338 g/mol. The number of anilines is 1. The molecule has 0 saturated carbocycles. The monoisotopic (exact) mass is 338 g/mol. The molecular formula is C21H17BN3O-. The van der Waals surface area contributed by atoms with Crippen LogP contribution in [0, 0.1) is 11.3 Å². The molecule has 0 saturated heterocycles. The van der Waals surface area contributed by atoms with Crippen LogP contribution in [0.1, 0.15) is 18.1 Å². The lowest BCUT2D eigenvalue weighted by atomic mass is 9.42. The number of nitriles is 1. The normalized spacial score (nSPS) is 14.5. The smallest absolute Gasteiger partial charge is 0.335 e. The topological polar surface area (TPSA) is 71.4 Å². The molecule has 0 unspecified atom stereocenters. The highest BCUT2D eigenvalue weighted by atomic mass is 16.5. The highest BCUT2D eigenvalue weighted by Gasteiger charge is 2.35. The van der Waals surface area contributed by atoms with E-state index in [1.165, 1.54) is 0 Å². The van der Waals surface area contributed by atoms with Crippen LogP contribution >= 0.6 is 0 Å². The van der Waals surface area contributed by atoms with Gasteiger partial charge in [0, 0.05) is 5.71 Å². The predicted molar refractivity (Wildman–Crippen MR) is 106 cm³/mol. The molecule has 5 heteroatoms. The Hall–Kier alpha value is -3.52. The molecule has 126 valence electrons. The number of benzene rings is 3. The number of rotatable bonds is 2. The number of nitrogens with zero attached hydrogens (tertiary/aromatic N) is 2. The van der Waals surface area contributed by atoms with Crippen molar-refractivity contribution in [3.63, 3.8) is 0 Å². The molecule has 2 N–H and O–H groups in total. The molecule has 1 heterocycles. The summed E-state index contributed by atoms with van der Waals surface area (Å²) in [7, 11) is 0. The number of nitrogens with two attached hydrogens (primary N) is 1. The van der Waals surface area contributed by atoms with Gasteiger partial charge >= 0.3 is 6.48 Å². The van der Waals surface area contributed by atoms with Crippen LogP contribution in [0.2, 0.25) is 0 Å². The summed E-state index contributed by atoms with van der Waals surface area (Å²) in [6.45, 7) is 0.0931. The lowest BCUT2D eigenvalue weighted by Crippen LogP contribution is -2.63. The first kappa shape index (κ1) is 16.0. The molecule has 0 bridgehead atoms. The van der Waals surface area contributed by atoms with Gasteiger partial charge in [0.2, 0.25) is 0 Å². The zero-order chi connectivity index (χ0) is 18.1. The summed E-state index contributed by atoms with van der Waals surface area (Å²) in [6.07, 6.45) is 0. The maximum Gasteiger partial charge on any atom is 0.335 e. The molecule has 26 heavy (non-hydrogen) atoms. The first-order valence-corrected chi connectivity index (χ1v) is 8.49. The first-order chi connectivity index (χ1) is 12.7. The van der Waals surface area contributed by atoms with Gasteiger partial charge in [-0.1, -0.05) is 60.7 Å². The highest BCUT2D eigenvalue weighted by molar-refractivity contribution is 6.97. The molecular weight excluding hydrogens is 321 g/mol. The van der Waals surface area contributed by atoms with Gasteiger partial charge in [-0.05, 0) is 19.1 Å². The largest absolute Gasteiger partial charge is 0.689 e. The van der Waals surface area contributed by atoms with Gasteiger partial charge in [-0.2, -0.15) is 5.26 Å². The molecule has 4 nitrogen and oxygen atoms in total. The van der Waals surface area contributed by atoms with Crippen molar-refractivity contribution in [2.75, 3.05) is 5.73 Å². The van der Waals surface area contributed by atoms with E-state index in [0.29, 0.717) is 22.6 Å². The Morgan fingerprint density at radius 3 is 2.04 bits per heavy atom. The Kier molecular flexibility index (Phi) is 3.74. The zero-order valence-corrected chi connectivity index (χ0v) is 14.4. The van der Waals surface area contributed by atoms with E-state index in [4.69, 9.17) is 15.3 Å². The maximum atomic E-state index is 9.26. The van der Waals surface area contributed by atoms with E-state index in [2.05, 4.69) is 6.07 Å². The Morgan fingerprint density at radius 1 is 0.923 bits per heavy atom. The molecule has 0 aromatic heterocycles. The molecule has 0 aliphatic carbocycles. The Morgan fingerprint density at radius 2 is 1.50 bits per heavy atom. The van der Waals surface area contributed by atoms with E-state index in [1.807, 2.05) is 73.7 Å². The van der Waals surface area contributed by atoms with Crippen LogP contribution in [0.5, 0.6) is 5.75 Å². The van der Waals surface area contributed by atoms with Gasteiger partial charge in [-0.3, -0.25) is 0 Å². The Bertz CT molecular complexity index is 1000. The lowest BCUT2D eigenvalue weighted by molar-refractivity contribution is 0.559. The second kappa shape index (κ2) is 6.09. The third kappa shape index (κ3) is 2.35. The van der Waals surface area contributed by atoms with Crippen molar-refractivity contribution in [1.82, 2.24) is 0 Å². The van der Waals surface area contributed by atoms with Crippen molar-refractivity contribution in [3.05, 3.63) is 83.9 Å². The van der Waals surface area contributed by atoms with Crippen molar-refractivity contribution >= 4 is 28.8 Å². The van der Waals surface area contributed by atoms with Gasteiger partial charge in [-0.25, -0.2) is 0 Å². The second-order valence-corrected chi connectivity index (χ2v) is 6.41. The number of nitrogen functional groups attached to an aromatic ring is 1. The SMILES string of the molecule is CC1=N[B-](c2ccccc2)(c2ccccc2)Oc2ccc(C#N)c(N)c21. The van der Waals surface area contributed by atoms with Crippen molar-refractivity contribution in [2.24, 2.45) is 4.90 Å². The zero-order valence-electron chi connectivity index (χ0n) is 14.4. The molecule has 0 spiro atoms. The van der Waals surface area contributed by atoms with Crippen LogP contribution in [-0.4, -0.2) is 12.2 Å². The van der Waals surface area contributed by atoms with Crippen LogP contribution in [0.3, 0.4) is 0 Å². The third-order valence-corrected chi connectivity index (χ3v) is 4.87. The number of hydrogen-bond donors (Lipinski definition) is 1. The molecule has 0 fully saturated rings. The number of fused-ring (bicyclic) bond motifs is 1. The maximum absolute atomic E-state index is 9.26. The minimum absolute atomic E-state index is 0.414. The van der Waals surface area contributed by atoms with Gasteiger partial charge in [0.15, 0.2) is 0 Å². The lowest BCUT2D eigenvalue weighted by Gasteiger charge is -2.44. The fourth-order valence-corrected chi connectivity index (χ4v) is 3.62. The van der Waals surface area contributed by atoms with E-state index < -0.39 is 6.48 Å². The minimum Gasteiger partial charge on any atom is -0.689 e. The molecule has 3 aromatic carbocycles. The molecule has 0 radical (unpaired) electrons. The fourth-order valence-electron chi connectivity index (χ4n) is 3.62. The quantitative estimate of drug-likeness (QED) is 0.577. The molecule has 4 rings (SSSR count). The minimum atomic E-state index is -1.82. The fraction of sp³-hybridized carbons (Fsp3) is 0.0476. The van der Waals surface area contributed by atoms with Crippen LogP contribution in [0.25, 0.3) is 0 Å². The second-order valence-electron chi connectivity index (χ2n) is 6.41. The van der Waals surface area contributed by atoms with Crippen molar-refractivity contribution in [1.29, 1.82) is 5.26 Å². The highest BCUT2D eigenvalue weighted by Crippen LogP contribution is 2.34. The summed E-state index contributed by atoms with van der Waals surface area (Å²) in [6, 6.07) is 25.6. The number of hydrogen-bond acceptors (Lipinski definition) is 4. The molecule has 0 atom stereocenters. The molecule has 1 aliphatic rings. The van der Waals surface area contributed by atoms with E-state index >= 15 is 0 Å². The Balaban J connectivity index is 1.99. The summed E-state index contributed by atoms with van der Waals surface area (Å²) < 4.78 is 6.53. The van der Waals surface area contributed by atoms with Crippen LogP contribution in [0.15, 0.2) is 77.7 Å². The first-order valence-electron chi connectivity index (χ1n) is 8.49. The summed E-state index contributed by atoms with van der Waals surface area (Å²) in [5.41, 5.74) is 10.5. The average Bonchev–Trinajstić information content (AvgIpc) is 2.69. The van der Waals surface area contributed by atoms with Gasteiger partial charge in [0.25, 0.3) is 0 Å². The van der Waals surface area contributed by atoms with Crippen molar-refractivity contribution in [3.8, 4) is 11.8 Å². The van der Waals surface area contributed by atoms with E-state index in [-0.39, 0.29) is 0 Å². The summed E-state index contributed by atoms with van der Waals surface area (Å²) in [4.78, 5) is 5.00. The van der Waals surface area contributed by atoms with E-state index in [1.54, 1.807) is 6.07 Å².